The fourth-order valence-electron chi connectivity index (χ4n) is 1.53. The molecular weight excluding hydrogens is 288 g/mol. The second kappa shape index (κ2) is 6.34. The van der Waals surface area contributed by atoms with Gasteiger partial charge >= 0.3 is 0 Å². The molecule has 0 saturated heterocycles. The molecule has 2 aromatic rings. The first-order valence-corrected chi connectivity index (χ1v) is 6.05. The molecule has 0 unspecified atom stereocenters. The molecule has 6 heteroatoms. The Morgan fingerprint density at radius 3 is 2.50 bits per heavy atom. The molecule has 3 nitrogen and oxygen atoms in total. The predicted octanol–water partition coefficient (Wildman–Crippen LogP) is 3.64. The van der Waals surface area contributed by atoms with Crippen LogP contribution in [0.4, 0.5) is 14.5 Å². The van der Waals surface area contributed by atoms with Gasteiger partial charge in [0.2, 0.25) is 0 Å². The van der Waals surface area contributed by atoms with Crippen LogP contribution in [0.25, 0.3) is 0 Å². The third kappa shape index (κ3) is 4.20. The number of benzene rings is 2. The quantitative estimate of drug-likeness (QED) is 0.936. The number of nitrogens with one attached hydrogen (secondary N) is 1. The maximum Gasteiger partial charge on any atom is 0.262 e. The SMILES string of the molecule is O=C(COc1cccc(Cl)c1)Nc1cc(F)cc(F)c1. The lowest BCUT2D eigenvalue weighted by Crippen LogP contribution is -2.20. The largest absolute Gasteiger partial charge is 0.484 e. The molecule has 0 aromatic heterocycles. The number of halogens is 3. The number of amides is 1. The van der Waals surface area contributed by atoms with Crippen molar-refractivity contribution in [3.63, 3.8) is 0 Å². The van der Waals surface area contributed by atoms with Crippen molar-refractivity contribution in [1.29, 1.82) is 0 Å². The van der Waals surface area contributed by atoms with E-state index in [1.165, 1.54) is 0 Å². The van der Waals surface area contributed by atoms with Gasteiger partial charge in [-0.05, 0) is 30.3 Å². The second-order valence-electron chi connectivity index (χ2n) is 3.95. The molecule has 2 rings (SSSR count). The van der Waals surface area contributed by atoms with Crippen LogP contribution in [0.2, 0.25) is 5.02 Å². The number of hydrogen-bond donors (Lipinski definition) is 1. The van der Waals surface area contributed by atoms with Gasteiger partial charge in [-0.15, -0.1) is 0 Å². The van der Waals surface area contributed by atoms with E-state index in [9.17, 15) is 13.6 Å². The Bertz CT molecular complexity index is 614. The summed E-state index contributed by atoms with van der Waals surface area (Å²) in [6, 6.07) is 9.29. The van der Waals surface area contributed by atoms with Gasteiger partial charge in [0, 0.05) is 16.8 Å². The summed E-state index contributed by atoms with van der Waals surface area (Å²) in [5.74, 6) is -1.64. The summed E-state index contributed by atoms with van der Waals surface area (Å²) < 4.78 is 31.1. The highest BCUT2D eigenvalue weighted by Gasteiger charge is 2.06. The molecule has 0 atom stereocenters. The van der Waals surface area contributed by atoms with E-state index in [1.807, 2.05) is 0 Å². The van der Waals surface area contributed by atoms with Crippen LogP contribution in [0.15, 0.2) is 42.5 Å². The molecule has 0 heterocycles. The number of anilines is 1. The third-order valence-electron chi connectivity index (χ3n) is 2.31. The van der Waals surface area contributed by atoms with Crippen LogP contribution in [0.3, 0.4) is 0 Å². The van der Waals surface area contributed by atoms with Crippen molar-refractivity contribution in [1.82, 2.24) is 0 Å². The molecule has 1 N–H and O–H groups in total. The molecule has 0 spiro atoms. The second-order valence-corrected chi connectivity index (χ2v) is 4.39. The van der Waals surface area contributed by atoms with Crippen LogP contribution in [0, 0.1) is 11.6 Å². The Morgan fingerprint density at radius 2 is 1.85 bits per heavy atom. The standard InChI is InChI=1S/C14H10ClF2NO2/c15-9-2-1-3-13(4-9)20-8-14(19)18-12-6-10(16)5-11(17)7-12/h1-7H,8H2,(H,18,19). The van der Waals surface area contributed by atoms with Gasteiger partial charge in [-0.1, -0.05) is 17.7 Å². The van der Waals surface area contributed by atoms with Crippen LogP contribution in [-0.4, -0.2) is 12.5 Å². The Hall–Kier alpha value is -2.14. The lowest BCUT2D eigenvalue weighted by Gasteiger charge is -2.08. The maximum absolute atomic E-state index is 12.9. The highest BCUT2D eigenvalue weighted by atomic mass is 35.5. The van der Waals surface area contributed by atoms with Gasteiger partial charge in [-0.3, -0.25) is 4.79 Å². The predicted molar refractivity (Wildman–Crippen MR) is 71.9 cm³/mol. The van der Waals surface area contributed by atoms with Crippen LogP contribution in [0.1, 0.15) is 0 Å². The molecule has 0 aliphatic rings. The van der Waals surface area contributed by atoms with E-state index < -0.39 is 17.5 Å². The lowest BCUT2D eigenvalue weighted by atomic mass is 10.3. The first kappa shape index (κ1) is 14.3. The van der Waals surface area contributed by atoms with E-state index in [1.54, 1.807) is 24.3 Å². The molecule has 20 heavy (non-hydrogen) atoms. The highest BCUT2D eigenvalue weighted by molar-refractivity contribution is 6.30. The van der Waals surface area contributed by atoms with Crippen LogP contribution < -0.4 is 10.1 Å². The number of carbonyl (C=O) groups is 1. The maximum atomic E-state index is 12.9. The van der Waals surface area contributed by atoms with Gasteiger partial charge in [0.05, 0.1) is 0 Å². The van der Waals surface area contributed by atoms with Crippen LogP contribution in [-0.2, 0) is 4.79 Å². The van der Waals surface area contributed by atoms with Crippen LogP contribution in [0.5, 0.6) is 5.75 Å². The monoisotopic (exact) mass is 297 g/mol. The first-order chi connectivity index (χ1) is 9.52. The van der Waals surface area contributed by atoms with E-state index in [0.29, 0.717) is 10.8 Å². The lowest BCUT2D eigenvalue weighted by molar-refractivity contribution is -0.118. The molecule has 0 radical (unpaired) electrons. The van der Waals surface area contributed by atoms with Gasteiger partial charge in [-0.25, -0.2) is 8.78 Å². The smallest absolute Gasteiger partial charge is 0.262 e. The van der Waals surface area contributed by atoms with Gasteiger partial charge < -0.3 is 10.1 Å². The van der Waals surface area contributed by atoms with Crippen molar-refractivity contribution >= 4 is 23.2 Å². The van der Waals surface area contributed by atoms with Crippen molar-refractivity contribution < 1.29 is 18.3 Å². The molecule has 0 aliphatic carbocycles. The van der Waals surface area contributed by atoms with Gasteiger partial charge in [0.15, 0.2) is 6.61 Å². The van der Waals surface area contributed by atoms with Crippen molar-refractivity contribution in [2.75, 3.05) is 11.9 Å². The van der Waals surface area contributed by atoms with Crippen molar-refractivity contribution in [3.05, 3.63) is 59.1 Å². The zero-order valence-electron chi connectivity index (χ0n) is 10.2. The number of carbonyl (C=O) groups excluding carboxylic acids is 1. The fraction of sp³-hybridized carbons (Fsp3) is 0.0714. The summed E-state index contributed by atoms with van der Waals surface area (Å²) in [6.07, 6.45) is 0. The average molecular weight is 298 g/mol. The molecule has 0 aliphatic heterocycles. The fourth-order valence-corrected chi connectivity index (χ4v) is 1.71. The van der Waals surface area contributed by atoms with Crippen molar-refractivity contribution in [2.45, 2.75) is 0 Å². The van der Waals surface area contributed by atoms with E-state index in [2.05, 4.69) is 5.32 Å². The minimum Gasteiger partial charge on any atom is -0.484 e. The van der Waals surface area contributed by atoms with Crippen molar-refractivity contribution in [2.24, 2.45) is 0 Å². The van der Waals surface area contributed by atoms with Crippen LogP contribution >= 0.6 is 11.6 Å². The normalized spacial score (nSPS) is 10.2. The molecule has 1 amide bonds. The Morgan fingerprint density at radius 1 is 1.15 bits per heavy atom. The molecular formula is C14H10ClF2NO2. The molecule has 0 saturated carbocycles. The number of rotatable bonds is 4. The molecule has 104 valence electrons. The summed E-state index contributed by atoms with van der Waals surface area (Å²) in [4.78, 5) is 11.6. The summed E-state index contributed by atoms with van der Waals surface area (Å²) in [5, 5.41) is 2.81. The Labute approximate surface area is 119 Å². The van der Waals surface area contributed by atoms with E-state index in [0.717, 1.165) is 18.2 Å². The molecule has 0 fully saturated rings. The van der Waals surface area contributed by atoms with Crippen molar-refractivity contribution in [3.8, 4) is 5.75 Å². The van der Waals surface area contributed by atoms with Gasteiger partial charge in [0.25, 0.3) is 5.91 Å². The van der Waals surface area contributed by atoms with E-state index in [4.69, 9.17) is 16.3 Å². The summed E-state index contributed by atoms with van der Waals surface area (Å²) in [6.45, 7) is -0.293. The number of ether oxygens (including phenoxy) is 1. The zero-order chi connectivity index (χ0) is 14.5. The summed E-state index contributed by atoms with van der Waals surface area (Å²) in [7, 11) is 0. The Balaban J connectivity index is 1.92. The van der Waals surface area contributed by atoms with E-state index >= 15 is 0 Å². The Kier molecular flexibility index (Phi) is 4.53. The molecule has 2 aromatic carbocycles. The highest BCUT2D eigenvalue weighted by Crippen LogP contribution is 2.17. The topological polar surface area (TPSA) is 38.3 Å². The summed E-state index contributed by atoms with van der Waals surface area (Å²) in [5.41, 5.74) is 0.0298. The molecule has 0 bridgehead atoms. The summed E-state index contributed by atoms with van der Waals surface area (Å²) >= 11 is 5.76. The zero-order valence-corrected chi connectivity index (χ0v) is 11.0. The van der Waals surface area contributed by atoms with Gasteiger partial charge in [-0.2, -0.15) is 0 Å². The first-order valence-electron chi connectivity index (χ1n) is 5.67. The van der Waals surface area contributed by atoms with E-state index in [-0.39, 0.29) is 12.3 Å². The minimum absolute atomic E-state index is 0.0298. The van der Waals surface area contributed by atoms with Gasteiger partial charge in [0.1, 0.15) is 17.4 Å². The minimum atomic E-state index is -0.768. The third-order valence-corrected chi connectivity index (χ3v) is 2.55. The number of hydrogen-bond acceptors (Lipinski definition) is 2. The average Bonchev–Trinajstić information content (AvgIpc) is 2.35.